The average Bonchev–Trinajstić information content (AvgIpc) is 2.67. The molecular formula is C18H21F2N3O4S. The molecule has 0 bridgehead atoms. The third kappa shape index (κ3) is 5.14. The highest BCUT2D eigenvalue weighted by Gasteiger charge is 2.27. The predicted octanol–water partition coefficient (Wildman–Crippen LogP) is 2.82. The van der Waals surface area contributed by atoms with Gasteiger partial charge in [-0.3, -0.25) is 0 Å². The number of aromatic nitrogens is 2. The summed E-state index contributed by atoms with van der Waals surface area (Å²) in [5.74, 6) is -1.25. The van der Waals surface area contributed by atoms with Crippen molar-refractivity contribution in [2.24, 2.45) is 0 Å². The van der Waals surface area contributed by atoms with Crippen LogP contribution in [-0.2, 0) is 10.0 Å². The molecule has 0 saturated heterocycles. The Morgan fingerprint density at radius 2 is 1.82 bits per heavy atom. The SMILES string of the molecule is CCOc1ccc(S(=O)(=O)NC2CCC(Oc3ncc(F)cn3)CC2)cc1F. The van der Waals surface area contributed by atoms with Gasteiger partial charge in [0.05, 0.1) is 23.9 Å². The van der Waals surface area contributed by atoms with Gasteiger partial charge in [-0.05, 0) is 50.8 Å². The van der Waals surface area contributed by atoms with Crippen LogP contribution in [-0.4, -0.2) is 37.1 Å². The number of benzene rings is 1. The molecule has 1 fully saturated rings. The van der Waals surface area contributed by atoms with Gasteiger partial charge in [-0.15, -0.1) is 0 Å². The summed E-state index contributed by atoms with van der Waals surface area (Å²) in [6, 6.07) is 3.38. The molecule has 10 heteroatoms. The average molecular weight is 413 g/mol. The number of hydrogen-bond donors (Lipinski definition) is 1. The van der Waals surface area contributed by atoms with Crippen LogP contribution in [0, 0.1) is 11.6 Å². The molecule has 2 aromatic rings. The molecule has 1 aliphatic carbocycles. The van der Waals surface area contributed by atoms with Crippen molar-refractivity contribution in [3.05, 3.63) is 42.2 Å². The van der Waals surface area contributed by atoms with Crippen molar-refractivity contribution < 1.29 is 26.7 Å². The van der Waals surface area contributed by atoms with E-state index in [1.165, 1.54) is 12.1 Å². The summed E-state index contributed by atoms with van der Waals surface area (Å²) in [5, 5.41) is 0. The van der Waals surface area contributed by atoms with Gasteiger partial charge in [-0.2, -0.15) is 0 Å². The van der Waals surface area contributed by atoms with Crippen LogP contribution in [0.2, 0.25) is 0 Å². The molecule has 0 amide bonds. The largest absolute Gasteiger partial charge is 0.491 e. The van der Waals surface area contributed by atoms with E-state index in [2.05, 4.69) is 14.7 Å². The fourth-order valence-electron chi connectivity index (χ4n) is 3.02. The van der Waals surface area contributed by atoms with Crippen molar-refractivity contribution in [1.82, 2.24) is 14.7 Å². The standard InChI is InChI=1S/C18H21F2N3O4S/c1-2-26-17-8-7-15(9-16(17)20)28(24,25)23-13-3-5-14(6-4-13)27-18-21-10-12(19)11-22-18/h7-11,13-14,23H,2-6H2,1H3. The molecule has 1 aromatic heterocycles. The number of halogens is 2. The Balaban J connectivity index is 1.56. The van der Waals surface area contributed by atoms with Crippen molar-refractivity contribution >= 4 is 10.0 Å². The van der Waals surface area contributed by atoms with Gasteiger partial charge in [-0.25, -0.2) is 31.9 Å². The van der Waals surface area contributed by atoms with Crippen LogP contribution in [0.1, 0.15) is 32.6 Å². The second-order valence-corrected chi connectivity index (χ2v) is 8.14. The van der Waals surface area contributed by atoms with Gasteiger partial charge in [0.1, 0.15) is 6.10 Å². The van der Waals surface area contributed by atoms with Gasteiger partial charge in [0.2, 0.25) is 10.0 Å². The second-order valence-electron chi connectivity index (χ2n) is 6.42. The van der Waals surface area contributed by atoms with E-state index in [1.807, 2.05) is 0 Å². The maximum atomic E-state index is 14.0. The van der Waals surface area contributed by atoms with E-state index < -0.39 is 21.7 Å². The second kappa shape index (κ2) is 8.78. The van der Waals surface area contributed by atoms with Crippen molar-refractivity contribution in [3.8, 4) is 11.8 Å². The Morgan fingerprint density at radius 3 is 2.43 bits per heavy atom. The molecular weight excluding hydrogens is 392 g/mol. The first kappa shape index (κ1) is 20.4. The molecule has 1 N–H and O–H groups in total. The molecule has 7 nitrogen and oxygen atoms in total. The molecule has 0 aliphatic heterocycles. The van der Waals surface area contributed by atoms with E-state index in [4.69, 9.17) is 9.47 Å². The minimum absolute atomic E-state index is 0.0159. The highest BCUT2D eigenvalue weighted by Crippen LogP contribution is 2.25. The van der Waals surface area contributed by atoms with Gasteiger partial charge in [0.15, 0.2) is 17.4 Å². The maximum absolute atomic E-state index is 14.0. The molecule has 1 saturated carbocycles. The summed E-state index contributed by atoms with van der Waals surface area (Å²) in [5.41, 5.74) is 0. The van der Waals surface area contributed by atoms with E-state index >= 15 is 0 Å². The lowest BCUT2D eigenvalue weighted by Crippen LogP contribution is -2.39. The van der Waals surface area contributed by atoms with Crippen LogP contribution < -0.4 is 14.2 Å². The van der Waals surface area contributed by atoms with E-state index in [-0.39, 0.29) is 35.4 Å². The molecule has 28 heavy (non-hydrogen) atoms. The number of nitrogens with zero attached hydrogens (tertiary/aromatic N) is 2. The third-order valence-corrected chi connectivity index (χ3v) is 5.90. The molecule has 152 valence electrons. The zero-order valence-corrected chi connectivity index (χ0v) is 16.1. The lowest BCUT2D eigenvalue weighted by atomic mass is 9.94. The molecule has 1 aliphatic rings. The highest BCUT2D eigenvalue weighted by molar-refractivity contribution is 7.89. The monoisotopic (exact) mass is 413 g/mol. The van der Waals surface area contributed by atoms with Crippen molar-refractivity contribution in [3.63, 3.8) is 0 Å². The number of ether oxygens (including phenoxy) is 2. The summed E-state index contributed by atoms with van der Waals surface area (Å²) in [6.45, 7) is 2.00. The molecule has 3 rings (SSSR count). The first-order valence-electron chi connectivity index (χ1n) is 8.96. The quantitative estimate of drug-likeness (QED) is 0.751. The van der Waals surface area contributed by atoms with Crippen LogP contribution in [0.15, 0.2) is 35.5 Å². The molecule has 0 atom stereocenters. The van der Waals surface area contributed by atoms with E-state index in [0.717, 1.165) is 18.5 Å². The van der Waals surface area contributed by atoms with Crippen LogP contribution in [0.3, 0.4) is 0 Å². The minimum atomic E-state index is -3.85. The third-order valence-electron chi connectivity index (χ3n) is 4.38. The van der Waals surface area contributed by atoms with Gasteiger partial charge < -0.3 is 9.47 Å². The number of sulfonamides is 1. The molecule has 0 unspecified atom stereocenters. The van der Waals surface area contributed by atoms with Crippen molar-refractivity contribution in [2.45, 2.75) is 49.6 Å². The van der Waals surface area contributed by atoms with Crippen LogP contribution in [0.5, 0.6) is 11.8 Å². The fraction of sp³-hybridized carbons (Fsp3) is 0.444. The number of nitrogens with one attached hydrogen (secondary N) is 1. The first-order valence-corrected chi connectivity index (χ1v) is 10.4. The Bertz CT molecular complexity index is 902. The lowest BCUT2D eigenvalue weighted by molar-refractivity contribution is 0.132. The Kier molecular flexibility index (Phi) is 6.40. The van der Waals surface area contributed by atoms with E-state index in [9.17, 15) is 17.2 Å². The smallest absolute Gasteiger partial charge is 0.316 e. The topological polar surface area (TPSA) is 90.4 Å². The fourth-order valence-corrected chi connectivity index (χ4v) is 4.33. The van der Waals surface area contributed by atoms with Crippen LogP contribution in [0.25, 0.3) is 0 Å². The van der Waals surface area contributed by atoms with Gasteiger partial charge >= 0.3 is 6.01 Å². The van der Waals surface area contributed by atoms with Gasteiger partial charge in [0, 0.05) is 6.04 Å². The van der Waals surface area contributed by atoms with Crippen molar-refractivity contribution in [2.75, 3.05) is 6.61 Å². The summed E-state index contributed by atoms with van der Waals surface area (Å²) < 4.78 is 65.1. The Labute approximate surface area is 162 Å². The lowest BCUT2D eigenvalue weighted by Gasteiger charge is -2.28. The molecule has 1 aromatic carbocycles. The zero-order valence-electron chi connectivity index (χ0n) is 15.3. The predicted molar refractivity (Wildman–Crippen MR) is 96.6 cm³/mol. The normalized spacial score (nSPS) is 20.0. The summed E-state index contributed by atoms with van der Waals surface area (Å²) in [6.07, 6.45) is 4.15. The highest BCUT2D eigenvalue weighted by atomic mass is 32.2. The maximum Gasteiger partial charge on any atom is 0.316 e. The molecule has 0 spiro atoms. The van der Waals surface area contributed by atoms with Crippen LogP contribution >= 0.6 is 0 Å². The first-order chi connectivity index (χ1) is 13.4. The number of rotatable bonds is 7. The number of hydrogen-bond acceptors (Lipinski definition) is 6. The Hall–Kier alpha value is -2.33. The van der Waals surface area contributed by atoms with E-state index in [1.54, 1.807) is 6.92 Å². The summed E-state index contributed by atoms with van der Waals surface area (Å²) in [4.78, 5) is 7.36. The minimum Gasteiger partial charge on any atom is -0.491 e. The molecule has 1 heterocycles. The summed E-state index contributed by atoms with van der Waals surface area (Å²) >= 11 is 0. The van der Waals surface area contributed by atoms with Gasteiger partial charge in [0.25, 0.3) is 0 Å². The Morgan fingerprint density at radius 1 is 1.14 bits per heavy atom. The van der Waals surface area contributed by atoms with E-state index in [0.29, 0.717) is 25.7 Å². The summed E-state index contributed by atoms with van der Waals surface area (Å²) in [7, 11) is -3.85. The molecule has 0 radical (unpaired) electrons. The van der Waals surface area contributed by atoms with Crippen LogP contribution in [0.4, 0.5) is 8.78 Å². The van der Waals surface area contributed by atoms with Gasteiger partial charge in [-0.1, -0.05) is 0 Å². The zero-order chi connectivity index (χ0) is 20.1. The van der Waals surface area contributed by atoms with Crippen molar-refractivity contribution in [1.29, 1.82) is 0 Å².